The molecule has 4 atom stereocenters. The predicted octanol–water partition coefficient (Wildman–Crippen LogP) is 3.21. The van der Waals surface area contributed by atoms with E-state index in [1.807, 2.05) is 0 Å². The summed E-state index contributed by atoms with van der Waals surface area (Å²) < 4.78 is 76.9. The number of fused-ring (bicyclic) bond motifs is 2. The SMILES string of the molecule is FC(F)(F)C1(C(F)(F)F)N[C@@H]2[C@@H](Br)[C@@H]1C[C@H]2Cl. The molecule has 1 nitrogen and oxygen atoms in total. The van der Waals surface area contributed by atoms with Crippen molar-refractivity contribution in [2.45, 2.75) is 40.6 Å². The van der Waals surface area contributed by atoms with Gasteiger partial charge in [-0.2, -0.15) is 26.3 Å². The van der Waals surface area contributed by atoms with Crippen LogP contribution in [0.3, 0.4) is 0 Å². The van der Waals surface area contributed by atoms with Crippen LogP contribution in [-0.2, 0) is 0 Å². The standard InChI is InChI=1S/C8H7BrClF6N/c9-4-2-1-3(10)5(4)17-6(2,7(11,12)13)8(14,15)16/h2-5,17H,1H2/t2-,3+,4-,5-/m0/s1. The molecule has 1 saturated heterocycles. The average molecular weight is 346 g/mol. The molecule has 0 unspecified atom stereocenters. The zero-order chi connectivity index (χ0) is 13.2. The van der Waals surface area contributed by atoms with Crippen LogP contribution in [0.4, 0.5) is 26.3 Å². The second-order valence-electron chi connectivity index (χ2n) is 4.28. The Morgan fingerprint density at radius 3 is 1.82 bits per heavy atom. The maximum Gasteiger partial charge on any atom is 0.415 e. The molecule has 100 valence electrons. The van der Waals surface area contributed by atoms with E-state index in [1.54, 1.807) is 5.32 Å². The summed E-state index contributed by atoms with van der Waals surface area (Å²) in [5, 5.41) is 0.934. The number of hydrogen-bond donors (Lipinski definition) is 1. The van der Waals surface area contributed by atoms with E-state index in [2.05, 4.69) is 15.9 Å². The molecule has 2 aliphatic rings. The van der Waals surface area contributed by atoms with Crippen molar-refractivity contribution in [3.8, 4) is 0 Å². The molecular weight excluding hydrogens is 339 g/mol. The van der Waals surface area contributed by atoms with Gasteiger partial charge >= 0.3 is 12.4 Å². The maximum absolute atomic E-state index is 12.8. The summed E-state index contributed by atoms with van der Waals surface area (Å²) in [6.07, 6.45) is -11.1. The van der Waals surface area contributed by atoms with Gasteiger partial charge in [0.1, 0.15) is 0 Å². The van der Waals surface area contributed by atoms with Gasteiger partial charge in [0, 0.05) is 16.8 Å². The summed E-state index contributed by atoms with van der Waals surface area (Å²) in [6, 6.07) is -1.02. The summed E-state index contributed by atoms with van der Waals surface area (Å²) in [7, 11) is 0. The number of halogens is 8. The minimum absolute atomic E-state index is 0.311. The van der Waals surface area contributed by atoms with E-state index in [-0.39, 0.29) is 6.42 Å². The lowest BCUT2D eigenvalue weighted by Crippen LogP contribution is -2.70. The van der Waals surface area contributed by atoms with Crippen LogP contribution in [0, 0.1) is 5.92 Å². The lowest BCUT2D eigenvalue weighted by Gasteiger charge is -2.41. The number of hydrogen-bond acceptors (Lipinski definition) is 1. The molecule has 0 aromatic rings. The first kappa shape index (κ1) is 13.7. The molecule has 0 amide bonds. The van der Waals surface area contributed by atoms with Gasteiger partial charge in [0.05, 0.1) is 5.38 Å². The summed E-state index contributed by atoms with van der Waals surface area (Å²) >= 11 is 8.59. The Kier molecular flexibility index (Phi) is 2.96. The van der Waals surface area contributed by atoms with Crippen LogP contribution >= 0.6 is 27.5 Å². The first-order valence-corrected chi connectivity index (χ1v) is 6.07. The van der Waals surface area contributed by atoms with Crippen LogP contribution in [0.15, 0.2) is 0 Å². The third-order valence-electron chi connectivity index (χ3n) is 3.44. The molecule has 2 rings (SSSR count). The average Bonchev–Trinajstić information content (AvgIpc) is 2.53. The molecule has 0 aromatic carbocycles. The molecule has 1 saturated carbocycles. The van der Waals surface area contributed by atoms with Crippen LogP contribution < -0.4 is 5.32 Å². The van der Waals surface area contributed by atoms with Gasteiger partial charge in [-0.05, 0) is 6.42 Å². The second-order valence-corrected chi connectivity index (χ2v) is 5.89. The Labute approximate surface area is 106 Å². The van der Waals surface area contributed by atoms with Gasteiger partial charge in [-0.3, -0.25) is 5.32 Å². The minimum Gasteiger partial charge on any atom is -0.290 e. The molecule has 9 heteroatoms. The van der Waals surface area contributed by atoms with Crippen LogP contribution in [-0.4, -0.2) is 34.1 Å². The molecule has 1 aliphatic carbocycles. The normalized spacial score (nSPS) is 40.9. The molecule has 1 N–H and O–H groups in total. The Morgan fingerprint density at radius 2 is 1.59 bits per heavy atom. The minimum atomic E-state index is -5.40. The number of rotatable bonds is 0. The monoisotopic (exact) mass is 345 g/mol. The molecule has 0 radical (unpaired) electrons. The van der Waals surface area contributed by atoms with E-state index in [0.717, 1.165) is 0 Å². The summed E-state index contributed by atoms with van der Waals surface area (Å²) in [5.41, 5.74) is -3.84. The first-order valence-electron chi connectivity index (χ1n) is 4.71. The molecule has 0 spiro atoms. The van der Waals surface area contributed by atoms with E-state index in [1.165, 1.54) is 0 Å². The zero-order valence-corrected chi connectivity index (χ0v) is 10.4. The van der Waals surface area contributed by atoms with E-state index in [0.29, 0.717) is 0 Å². The molecule has 0 aromatic heterocycles. The van der Waals surface area contributed by atoms with Crippen molar-refractivity contribution in [3.63, 3.8) is 0 Å². The molecule has 2 fully saturated rings. The second kappa shape index (κ2) is 3.66. The summed E-state index contributed by atoms with van der Waals surface area (Å²) in [4.78, 5) is -0.923. The summed E-state index contributed by atoms with van der Waals surface area (Å²) in [6.45, 7) is 0. The van der Waals surface area contributed by atoms with Crippen LogP contribution in [0.2, 0.25) is 0 Å². The quantitative estimate of drug-likeness (QED) is 0.525. The predicted molar refractivity (Wildman–Crippen MR) is 52.2 cm³/mol. The van der Waals surface area contributed by atoms with Crippen LogP contribution in [0.25, 0.3) is 0 Å². The van der Waals surface area contributed by atoms with E-state index < -0.39 is 40.1 Å². The maximum atomic E-state index is 12.8. The molecule has 1 heterocycles. The van der Waals surface area contributed by atoms with Gasteiger partial charge in [0.15, 0.2) is 0 Å². The van der Waals surface area contributed by atoms with E-state index >= 15 is 0 Å². The van der Waals surface area contributed by atoms with Crippen molar-refractivity contribution < 1.29 is 26.3 Å². The highest BCUT2D eigenvalue weighted by Gasteiger charge is 2.81. The lowest BCUT2D eigenvalue weighted by atomic mass is 9.82. The van der Waals surface area contributed by atoms with Crippen molar-refractivity contribution in [3.05, 3.63) is 0 Å². The summed E-state index contributed by atoms with van der Waals surface area (Å²) in [5.74, 6) is -1.63. The fourth-order valence-corrected chi connectivity index (χ4v) is 4.37. The van der Waals surface area contributed by atoms with E-state index in [9.17, 15) is 26.3 Å². The highest BCUT2D eigenvalue weighted by Crippen LogP contribution is 2.59. The number of alkyl halides is 8. The van der Waals surface area contributed by atoms with Gasteiger partial charge in [0.2, 0.25) is 5.54 Å². The highest BCUT2D eigenvalue weighted by atomic mass is 79.9. The van der Waals surface area contributed by atoms with Crippen molar-refractivity contribution in [2.24, 2.45) is 5.92 Å². The lowest BCUT2D eigenvalue weighted by molar-refractivity contribution is -0.318. The van der Waals surface area contributed by atoms with Gasteiger partial charge < -0.3 is 0 Å². The Balaban J connectivity index is 2.48. The molecule has 17 heavy (non-hydrogen) atoms. The zero-order valence-electron chi connectivity index (χ0n) is 8.04. The van der Waals surface area contributed by atoms with Crippen molar-refractivity contribution >= 4 is 27.5 Å². The van der Waals surface area contributed by atoms with Crippen molar-refractivity contribution in [2.75, 3.05) is 0 Å². The molecule has 2 bridgehead atoms. The fourth-order valence-electron chi connectivity index (χ4n) is 2.67. The number of piperidine rings is 1. The third-order valence-corrected chi connectivity index (χ3v) is 5.10. The highest BCUT2D eigenvalue weighted by molar-refractivity contribution is 9.09. The van der Waals surface area contributed by atoms with Gasteiger partial charge in [0.25, 0.3) is 0 Å². The Bertz CT molecular complexity index is 315. The molecular formula is C8H7BrClF6N. The van der Waals surface area contributed by atoms with Crippen LogP contribution in [0.5, 0.6) is 0 Å². The smallest absolute Gasteiger partial charge is 0.290 e. The van der Waals surface area contributed by atoms with Crippen LogP contribution in [0.1, 0.15) is 6.42 Å². The van der Waals surface area contributed by atoms with E-state index in [4.69, 9.17) is 11.6 Å². The fraction of sp³-hybridized carbons (Fsp3) is 1.00. The number of nitrogens with one attached hydrogen (secondary N) is 1. The van der Waals surface area contributed by atoms with Gasteiger partial charge in [-0.15, -0.1) is 11.6 Å². The van der Waals surface area contributed by atoms with Crippen molar-refractivity contribution in [1.82, 2.24) is 5.32 Å². The third kappa shape index (κ3) is 1.63. The van der Waals surface area contributed by atoms with Gasteiger partial charge in [-0.1, -0.05) is 15.9 Å². The first-order chi connectivity index (χ1) is 7.52. The van der Waals surface area contributed by atoms with Crippen molar-refractivity contribution in [1.29, 1.82) is 0 Å². The Hall–Kier alpha value is 0.310. The van der Waals surface area contributed by atoms with Gasteiger partial charge in [-0.25, -0.2) is 0 Å². The molecule has 1 aliphatic heterocycles. The largest absolute Gasteiger partial charge is 0.415 e. The topological polar surface area (TPSA) is 12.0 Å². The Morgan fingerprint density at radius 1 is 1.12 bits per heavy atom.